The van der Waals surface area contributed by atoms with Crippen LogP contribution in [-0.2, 0) is 9.53 Å². The summed E-state index contributed by atoms with van der Waals surface area (Å²) < 4.78 is 4.35. The molecule has 0 rings (SSSR count). The molecule has 0 N–H and O–H groups in total. The molecule has 0 saturated heterocycles. The van der Waals surface area contributed by atoms with Gasteiger partial charge in [-0.2, -0.15) is 0 Å². The lowest BCUT2D eigenvalue weighted by atomic mass is 10.3. The highest BCUT2D eigenvalue weighted by molar-refractivity contribution is 5.69. The summed E-state index contributed by atoms with van der Waals surface area (Å²) in [6.07, 6.45) is 1.93. The smallest absolute Gasteiger partial charge is 0.305 e. The summed E-state index contributed by atoms with van der Waals surface area (Å²) in [5, 5.41) is 10.1. The molecule has 0 unspecified atom stereocenters. The van der Waals surface area contributed by atoms with Gasteiger partial charge in [0.2, 0.25) is 5.70 Å². The van der Waals surface area contributed by atoms with Gasteiger partial charge in [0.05, 0.1) is 12.0 Å². The maximum atomic E-state index is 10.5. The summed E-state index contributed by atoms with van der Waals surface area (Å²) in [6, 6.07) is 0. The molecule has 5 heteroatoms. The van der Waals surface area contributed by atoms with Gasteiger partial charge in [0.25, 0.3) is 0 Å². The average molecular weight is 173 g/mol. The third-order valence-corrected chi connectivity index (χ3v) is 1.30. The number of carbonyl (C=O) groups is 1. The number of methoxy groups -OCH3 is 1. The number of rotatable bonds is 4. The Morgan fingerprint density at radius 1 is 1.67 bits per heavy atom. The van der Waals surface area contributed by atoms with Crippen LogP contribution in [0.15, 0.2) is 11.8 Å². The van der Waals surface area contributed by atoms with E-state index in [0.717, 1.165) is 0 Å². The minimum absolute atomic E-state index is 0.0545. The van der Waals surface area contributed by atoms with E-state index in [1.807, 2.05) is 0 Å². The first-order valence-electron chi connectivity index (χ1n) is 3.46. The molecule has 0 aliphatic carbocycles. The molecule has 68 valence electrons. The van der Waals surface area contributed by atoms with Crippen molar-refractivity contribution in [2.75, 3.05) is 7.11 Å². The molecule has 0 bridgehead atoms. The number of ether oxygens (including phenoxy) is 1. The normalized spacial score (nSPS) is 11.0. The molecule has 5 nitrogen and oxygen atoms in total. The van der Waals surface area contributed by atoms with E-state index in [1.165, 1.54) is 20.1 Å². The number of hydrogen-bond donors (Lipinski definition) is 0. The van der Waals surface area contributed by atoms with Crippen molar-refractivity contribution in [2.45, 2.75) is 19.8 Å². The highest BCUT2D eigenvalue weighted by Gasteiger charge is 2.02. The Morgan fingerprint density at radius 2 is 2.25 bits per heavy atom. The average Bonchev–Trinajstić information content (AvgIpc) is 2.03. The van der Waals surface area contributed by atoms with Crippen molar-refractivity contribution in [3.05, 3.63) is 21.9 Å². The van der Waals surface area contributed by atoms with Gasteiger partial charge in [-0.3, -0.25) is 14.9 Å². The quantitative estimate of drug-likeness (QED) is 0.363. The summed E-state index contributed by atoms with van der Waals surface area (Å²) in [5.74, 6) is -0.359. The standard InChI is InChI=1S/C7H11NO4/c1-6(8(10)11)4-3-5-7(9)12-2/h4H,3,5H2,1-2H3/b6-4+. The Kier molecular flexibility index (Phi) is 4.67. The van der Waals surface area contributed by atoms with Crippen molar-refractivity contribution in [1.82, 2.24) is 0 Å². The lowest BCUT2D eigenvalue weighted by molar-refractivity contribution is -0.424. The van der Waals surface area contributed by atoms with Gasteiger partial charge in [0, 0.05) is 13.3 Å². The van der Waals surface area contributed by atoms with E-state index in [4.69, 9.17) is 0 Å². The van der Waals surface area contributed by atoms with Gasteiger partial charge in [-0.15, -0.1) is 0 Å². The van der Waals surface area contributed by atoms with Crippen molar-refractivity contribution in [3.8, 4) is 0 Å². The van der Waals surface area contributed by atoms with Crippen LogP contribution in [0.4, 0.5) is 0 Å². The molecular weight excluding hydrogens is 162 g/mol. The molecule has 0 spiro atoms. The molecule has 0 amide bonds. The van der Waals surface area contributed by atoms with Crippen LogP contribution in [0.25, 0.3) is 0 Å². The maximum absolute atomic E-state index is 10.5. The number of hydrogen-bond acceptors (Lipinski definition) is 4. The number of esters is 1. The molecule has 0 atom stereocenters. The zero-order valence-electron chi connectivity index (χ0n) is 7.07. The molecule has 12 heavy (non-hydrogen) atoms. The Morgan fingerprint density at radius 3 is 2.67 bits per heavy atom. The molecule has 0 fully saturated rings. The van der Waals surface area contributed by atoms with Gasteiger partial charge in [-0.05, 0) is 12.5 Å². The SMILES string of the molecule is COC(=O)CC/C=C(\C)[N+](=O)[O-]. The Balaban J connectivity index is 3.75. The Labute approximate surface area is 70.2 Å². The molecule has 0 saturated carbocycles. The number of nitrogens with zero attached hydrogens (tertiary/aromatic N) is 1. The molecular formula is C7H11NO4. The predicted molar refractivity (Wildman–Crippen MR) is 42.0 cm³/mol. The second-order valence-corrected chi connectivity index (χ2v) is 2.22. The van der Waals surface area contributed by atoms with Gasteiger partial charge in [0.15, 0.2) is 0 Å². The van der Waals surface area contributed by atoms with Gasteiger partial charge < -0.3 is 4.74 Å². The fourth-order valence-electron chi connectivity index (χ4n) is 0.576. The van der Waals surface area contributed by atoms with Crippen molar-refractivity contribution in [1.29, 1.82) is 0 Å². The first kappa shape index (κ1) is 10.6. The van der Waals surface area contributed by atoms with E-state index in [2.05, 4.69) is 4.74 Å². The fraction of sp³-hybridized carbons (Fsp3) is 0.571. The third-order valence-electron chi connectivity index (χ3n) is 1.30. The van der Waals surface area contributed by atoms with Crippen LogP contribution in [0.3, 0.4) is 0 Å². The van der Waals surface area contributed by atoms with E-state index in [-0.39, 0.29) is 18.1 Å². The molecule has 0 heterocycles. The first-order chi connectivity index (χ1) is 5.57. The molecule has 0 aliphatic heterocycles. The zero-order valence-corrected chi connectivity index (χ0v) is 7.07. The molecule has 0 aromatic heterocycles. The minimum atomic E-state index is -0.489. The van der Waals surface area contributed by atoms with Gasteiger partial charge in [0.1, 0.15) is 0 Å². The first-order valence-corrected chi connectivity index (χ1v) is 3.46. The summed E-state index contributed by atoms with van der Waals surface area (Å²) in [5.41, 5.74) is 0.0545. The van der Waals surface area contributed by atoms with Gasteiger partial charge in [-0.25, -0.2) is 0 Å². The van der Waals surface area contributed by atoms with Crippen molar-refractivity contribution < 1.29 is 14.5 Å². The molecule has 0 aromatic rings. The Hall–Kier alpha value is -1.39. The van der Waals surface area contributed by atoms with Crippen molar-refractivity contribution >= 4 is 5.97 Å². The molecule has 0 aromatic carbocycles. The van der Waals surface area contributed by atoms with E-state index < -0.39 is 4.92 Å². The van der Waals surface area contributed by atoms with Crippen LogP contribution < -0.4 is 0 Å². The topological polar surface area (TPSA) is 69.4 Å². The summed E-state index contributed by atoms with van der Waals surface area (Å²) in [4.78, 5) is 20.1. The maximum Gasteiger partial charge on any atom is 0.305 e. The van der Waals surface area contributed by atoms with Crippen LogP contribution in [-0.4, -0.2) is 18.0 Å². The van der Waals surface area contributed by atoms with E-state index in [9.17, 15) is 14.9 Å². The highest BCUT2D eigenvalue weighted by atomic mass is 16.6. The van der Waals surface area contributed by atoms with Crippen LogP contribution >= 0.6 is 0 Å². The molecule has 0 aliphatic rings. The van der Waals surface area contributed by atoms with Crippen LogP contribution in [0.5, 0.6) is 0 Å². The highest BCUT2D eigenvalue weighted by Crippen LogP contribution is 1.99. The van der Waals surface area contributed by atoms with Gasteiger partial charge >= 0.3 is 5.97 Å². The Bertz CT molecular complexity index is 209. The van der Waals surface area contributed by atoms with E-state index in [1.54, 1.807) is 0 Å². The second kappa shape index (κ2) is 5.29. The third kappa shape index (κ3) is 4.43. The van der Waals surface area contributed by atoms with Crippen LogP contribution in [0.2, 0.25) is 0 Å². The van der Waals surface area contributed by atoms with E-state index in [0.29, 0.717) is 6.42 Å². The summed E-state index contributed by atoms with van der Waals surface area (Å²) in [6.45, 7) is 1.39. The lowest BCUT2D eigenvalue weighted by Gasteiger charge is -1.93. The van der Waals surface area contributed by atoms with Crippen LogP contribution in [0.1, 0.15) is 19.8 Å². The monoisotopic (exact) mass is 173 g/mol. The summed E-state index contributed by atoms with van der Waals surface area (Å²) >= 11 is 0. The number of nitro groups is 1. The van der Waals surface area contributed by atoms with E-state index >= 15 is 0 Å². The fourth-order valence-corrected chi connectivity index (χ4v) is 0.576. The largest absolute Gasteiger partial charge is 0.469 e. The predicted octanol–water partition coefficient (Wildman–Crippen LogP) is 1.12. The number of allylic oxidation sites excluding steroid dienone is 2. The van der Waals surface area contributed by atoms with Crippen molar-refractivity contribution in [2.24, 2.45) is 0 Å². The second-order valence-electron chi connectivity index (χ2n) is 2.22. The number of carbonyl (C=O) groups excluding carboxylic acids is 1. The van der Waals surface area contributed by atoms with Crippen LogP contribution in [0, 0.1) is 10.1 Å². The molecule has 0 radical (unpaired) electrons. The van der Waals surface area contributed by atoms with Crippen molar-refractivity contribution in [3.63, 3.8) is 0 Å². The zero-order chi connectivity index (χ0) is 9.56. The summed E-state index contributed by atoms with van der Waals surface area (Å²) in [7, 11) is 1.28. The van der Waals surface area contributed by atoms with Gasteiger partial charge in [-0.1, -0.05) is 0 Å². The minimum Gasteiger partial charge on any atom is -0.469 e. The lowest BCUT2D eigenvalue weighted by Crippen LogP contribution is -1.99.